The molecule has 130 valence electrons. The number of rotatable bonds is 5. The maximum absolute atomic E-state index is 12.5. The maximum atomic E-state index is 12.5. The molecule has 1 fully saturated rings. The van der Waals surface area contributed by atoms with E-state index in [1.807, 2.05) is 28.7 Å². The van der Waals surface area contributed by atoms with Gasteiger partial charge in [0.25, 0.3) is 0 Å². The van der Waals surface area contributed by atoms with Crippen LogP contribution < -0.4 is 5.32 Å². The Labute approximate surface area is 145 Å². The molecule has 7 nitrogen and oxygen atoms in total. The van der Waals surface area contributed by atoms with E-state index in [2.05, 4.69) is 27.0 Å². The normalized spacial score (nSPS) is 21.0. The molecule has 3 heterocycles. The van der Waals surface area contributed by atoms with Crippen LogP contribution in [0.1, 0.15) is 31.3 Å². The number of hydrogen-bond donors (Lipinski definition) is 1. The number of morpholine rings is 1. The fourth-order valence-corrected chi connectivity index (χ4v) is 3.60. The molecule has 0 aliphatic carbocycles. The number of nitrogens with one attached hydrogen (secondary N) is 1. The Kier molecular flexibility index (Phi) is 5.47. The highest BCUT2D eigenvalue weighted by atomic mass is 32.1. The lowest BCUT2D eigenvalue weighted by Gasteiger charge is -2.36. The summed E-state index contributed by atoms with van der Waals surface area (Å²) in [5.74, 6) is 0.932. The molecule has 0 aromatic carbocycles. The molecule has 2 aromatic heterocycles. The molecular formula is C16H23N5O2S. The highest BCUT2D eigenvalue weighted by Crippen LogP contribution is 2.26. The molecule has 0 bridgehead atoms. The van der Waals surface area contributed by atoms with Crippen molar-refractivity contribution in [1.82, 2.24) is 25.0 Å². The van der Waals surface area contributed by atoms with Crippen LogP contribution in [-0.2, 0) is 17.7 Å². The minimum absolute atomic E-state index is 0.0268. The number of amides is 2. The lowest BCUT2D eigenvalue weighted by atomic mass is 10.1. The van der Waals surface area contributed by atoms with Crippen molar-refractivity contribution < 1.29 is 9.53 Å². The van der Waals surface area contributed by atoms with Crippen LogP contribution in [0, 0.1) is 0 Å². The molecule has 0 saturated carbocycles. The van der Waals surface area contributed by atoms with Crippen molar-refractivity contribution in [1.29, 1.82) is 0 Å². The molecule has 1 aliphatic rings. The molecule has 0 spiro atoms. The molecule has 8 heteroatoms. The topological polar surface area (TPSA) is 72.3 Å². The first-order valence-corrected chi connectivity index (χ1v) is 9.18. The summed E-state index contributed by atoms with van der Waals surface area (Å²) >= 11 is 1.65. The molecule has 24 heavy (non-hydrogen) atoms. The summed E-state index contributed by atoms with van der Waals surface area (Å²) in [7, 11) is 0. The van der Waals surface area contributed by atoms with Gasteiger partial charge in [-0.2, -0.15) is 11.3 Å². The number of ether oxygens (including phenoxy) is 1. The van der Waals surface area contributed by atoms with E-state index in [0.717, 1.165) is 17.8 Å². The molecule has 2 amide bonds. The number of carbonyl (C=O) groups excluding carboxylic acids is 1. The van der Waals surface area contributed by atoms with E-state index in [1.54, 1.807) is 17.7 Å². The lowest BCUT2D eigenvalue weighted by molar-refractivity contribution is -0.0654. The minimum Gasteiger partial charge on any atom is -0.367 e. The molecule has 2 atom stereocenters. The summed E-state index contributed by atoms with van der Waals surface area (Å²) in [6, 6.07) is 2.01. The first-order chi connectivity index (χ1) is 11.7. The molecule has 1 aliphatic heterocycles. The van der Waals surface area contributed by atoms with Crippen molar-refractivity contribution in [3.63, 3.8) is 0 Å². The first kappa shape index (κ1) is 16.9. The Morgan fingerprint density at radius 1 is 1.50 bits per heavy atom. The van der Waals surface area contributed by atoms with Gasteiger partial charge >= 0.3 is 6.03 Å². The van der Waals surface area contributed by atoms with Gasteiger partial charge in [-0.05, 0) is 29.3 Å². The largest absolute Gasteiger partial charge is 0.367 e. The molecule has 1 N–H and O–H groups in total. The zero-order valence-electron chi connectivity index (χ0n) is 14.0. The fourth-order valence-electron chi connectivity index (χ4n) is 2.89. The van der Waals surface area contributed by atoms with E-state index < -0.39 is 0 Å². The van der Waals surface area contributed by atoms with E-state index in [-0.39, 0.29) is 18.2 Å². The van der Waals surface area contributed by atoms with Crippen LogP contribution in [0.25, 0.3) is 0 Å². The molecule has 2 aromatic rings. The number of hydrogen-bond acceptors (Lipinski definition) is 5. The van der Waals surface area contributed by atoms with Gasteiger partial charge in [-0.3, -0.25) is 0 Å². The second-order valence-electron chi connectivity index (χ2n) is 5.92. The quantitative estimate of drug-likeness (QED) is 0.897. The number of urea groups is 1. The number of nitrogens with zero attached hydrogens (tertiary/aromatic N) is 4. The van der Waals surface area contributed by atoms with Gasteiger partial charge in [-0.15, -0.1) is 10.2 Å². The van der Waals surface area contributed by atoms with Gasteiger partial charge in [0.2, 0.25) is 0 Å². The van der Waals surface area contributed by atoms with Crippen molar-refractivity contribution in [2.45, 2.75) is 39.0 Å². The maximum Gasteiger partial charge on any atom is 0.317 e. The minimum atomic E-state index is -0.0460. The zero-order valence-corrected chi connectivity index (χ0v) is 14.8. The Bertz CT molecular complexity index is 657. The summed E-state index contributed by atoms with van der Waals surface area (Å²) in [5, 5.41) is 15.0. The molecule has 3 rings (SSSR count). The zero-order chi connectivity index (χ0) is 16.9. The Morgan fingerprint density at radius 2 is 2.38 bits per heavy atom. The average molecular weight is 349 g/mol. The van der Waals surface area contributed by atoms with E-state index in [1.165, 1.54) is 0 Å². The number of carbonyl (C=O) groups is 1. The molecule has 1 saturated heterocycles. The third kappa shape index (κ3) is 3.93. The van der Waals surface area contributed by atoms with Gasteiger partial charge in [0, 0.05) is 26.1 Å². The summed E-state index contributed by atoms with van der Waals surface area (Å²) in [5.41, 5.74) is 1.14. The number of thiophene rings is 1. The smallest absolute Gasteiger partial charge is 0.317 e. The monoisotopic (exact) mass is 349 g/mol. The predicted molar refractivity (Wildman–Crippen MR) is 92.0 cm³/mol. The Hall–Kier alpha value is -1.93. The van der Waals surface area contributed by atoms with E-state index >= 15 is 0 Å². The summed E-state index contributed by atoms with van der Waals surface area (Å²) in [6.07, 6.45) is 2.51. The van der Waals surface area contributed by atoms with Gasteiger partial charge in [-0.1, -0.05) is 6.92 Å². The third-order valence-corrected chi connectivity index (χ3v) is 4.80. The number of aryl methyl sites for hydroxylation is 1. The lowest BCUT2D eigenvalue weighted by Crippen LogP contribution is -2.50. The Morgan fingerprint density at radius 3 is 3.12 bits per heavy atom. The van der Waals surface area contributed by atoms with Crippen molar-refractivity contribution in [2.24, 2.45) is 0 Å². The van der Waals surface area contributed by atoms with Crippen LogP contribution in [0.15, 0.2) is 23.2 Å². The molecule has 2 unspecified atom stereocenters. The first-order valence-electron chi connectivity index (χ1n) is 8.24. The van der Waals surface area contributed by atoms with Crippen LogP contribution in [0.5, 0.6) is 0 Å². The van der Waals surface area contributed by atoms with Gasteiger partial charge in [0.1, 0.15) is 18.3 Å². The van der Waals surface area contributed by atoms with E-state index in [4.69, 9.17) is 4.74 Å². The third-order valence-electron chi connectivity index (χ3n) is 4.10. The van der Waals surface area contributed by atoms with Crippen LogP contribution in [0.2, 0.25) is 0 Å². The van der Waals surface area contributed by atoms with Crippen molar-refractivity contribution >= 4 is 17.4 Å². The number of aromatic nitrogens is 3. The molecule has 0 radical (unpaired) electrons. The van der Waals surface area contributed by atoms with Crippen LogP contribution >= 0.6 is 11.3 Å². The van der Waals surface area contributed by atoms with Gasteiger partial charge in [-0.25, -0.2) is 4.79 Å². The second kappa shape index (κ2) is 7.76. The van der Waals surface area contributed by atoms with E-state index in [9.17, 15) is 4.79 Å². The summed E-state index contributed by atoms with van der Waals surface area (Å²) in [4.78, 5) is 14.3. The van der Waals surface area contributed by atoms with Crippen LogP contribution in [0.4, 0.5) is 4.79 Å². The fraction of sp³-hybridized carbons (Fsp3) is 0.562. The van der Waals surface area contributed by atoms with Gasteiger partial charge < -0.3 is 19.5 Å². The SMILES string of the molecule is CCc1nncn1CCNC(=O)N1CC(C)OC(c2ccsc2)C1. The van der Waals surface area contributed by atoms with E-state index in [0.29, 0.717) is 26.2 Å². The highest BCUT2D eigenvalue weighted by Gasteiger charge is 2.29. The summed E-state index contributed by atoms with van der Waals surface area (Å²) < 4.78 is 7.94. The van der Waals surface area contributed by atoms with Crippen molar-refractivity contribution in [3.05, 3.63) is 34.5 Å². The summed E-state index contributed by atoms with van der Waals surface area (Å²) in [6.45, 7) is 6.47. The molecular weight excluding hydrogens is 326 g/mol. The average Bonchev–Trinajstić information content (AvgIpc) is 3.25. The standard InChI is InChI=1S/C16H23N5O2S/c1-3-15-19-18-11-20(15)6-5-17-16(22)21-8-12(2)23-14(9-21)13-4-7-24-10-13/h4,7,10-12,14H,3,5-6,8-9H2,1-2H3,(H,17,22). The van der Waals surface area contributed by atoms with Crippen LogP contribution in [0.3, 0.4) is 0 Å². The van der Waals surface area contributed by atoms with Crippen LogP contribution in [-0.4, -0.2) is 51.4 Å². The van der Waals surface area contributed by atoms with Gasteiger partial charge in [0.05, 0.1) is 12.6 Å². The predicted octanol–water partition coefficient (Wildman–Crippen LogP) is 2.07. The van der Waals surface area contributed by atoms with Crippen molar-refractivity contribution in [3.8, 4) is 0 Å². The van der Waals surface area contributed by atoms with Crippen molar-refractivity contribution in [2.75, 3.05) is 19.6 Å². The highest BCUT2D eigenvalue weighted by molar-refractivity contribution is 7.07. The Balaban J connectivity index is 1.52. The second-order valence-corrected chi connectivity index (χ2v) is 6.70. The van der Waals surface area contributed by atoms with Gasteiger partial charge in [0.15, 0.2) is 0 Å².